The van der Waals surface area contributed by atoms with E-state index in [0.29, 0.717) is 19.7 Å². The molecule has 0 bridgehead atoms. The Morgan fingerprint density at radius 3 is 3.18 bits per heavy atom. The van der Waals surface area contributed by atoms with Crippen LogP contribution in [0.4, 0.5) is 0 Å². The number of amides is 1. The van der Waals surface area contributed by atoms with Gasteiger partial charge in [-0.3, -0.25) is 4.79 Å². The lowest BCUT2D eigenvalue weighted by atomic mass is 9.90. The van der Waals surface area contributed by atoms with Crippen LogP contribution < -0.4 is 10.6 Å². The van der Waals surface area contributed by atoms with E-state index in [9.17, 15) is 4.79 Å². The minimum Gasteiger partial charge on any atom is -0.383 e. The maximum Gasteiger partial charge on any atom is 0.228 e. The highest BCUT2D eigenvalue weighted by Gasteiger charge is 2.25. The van der Waals surface area contributed by atoms with E-state index in [-0.39, 0.29) is 11.8 Å². The molecule has 0 saturated heterocycles. The standard InChI is InChI=1S/C13H18N2O2/c1-17-7-6-15-13(16)12-9-14-8-10-4-2-3-5-11(10)12/h2-5,12,14H,6-9H2,1H3,(H,15,16). The molecule has 1 amide bonds. The second-order valence-corrected chi connectivity index (χ2v) is 4.17. The first-order valence-corrected chi connectivity index (χ1v) is 5.88. The number of carbonyl (C=O) groups excluding carboxylic acids is 1. The van der Waals surface area contributed by atoms with E-state index in [1.807, 2.05) is 18.2 Å². The molecule has 2 rings (SSSR count). The van der Waals surface area contributed by atoms with Crippen molar-refractivity contribution in [1.82, 2.24) is 10.6 Å². The summed E-state index contributed by atoms with van der Waals surface area (Å²) in [5.41, 5.74) is 2.35. The predicted octanol–water partition coefficient (Wildman–Crippen LogP) is 0.636. The van der Waals surface area contributed by atoms with Gasteiger partial charge in [0.15, 0.2) is 0 Å². The Hall–Kier alpha value is -1.39. The zero-order valence-corrected chi connectivity index (χ0v) is 10.0. The number of ether oxygens (including phenoxy) is 1. The Morgan fingerprint density at radius 2 is 2.35 bits per heavy atom. The highest BCUT2D eigenvalue weighted by atomic mass is 16.5. The Labute approximate surface area is 101 Å². The highest BCUT2D eigenvalue weighted by Crippen LogP contribution is 2.23. The number of fused-ring (bicyclic) bond motifs is 1. The summed E-state index contributed by atoms with van der Waals surface area (Å²) in [5.74, 6) is -0.0153. The van der Waals surface area contributed by atoms with Crippen LogP contribution in [0.2, 0.25) is 0 Å². The molecule has 92 valence electrons. The van der Waals surface area contributed by atoms with Gasteiger partial charge >= 0.3 is 0 Å². The average molecular weight is 234 g/mol. The molecule has 0 saturated carbocycles. The van der Waals surface area contributed by atoms with Gasteiger partial charge in [0.25, 0.3) is 0 Å². The summed E-state index contributed by atoms with van der Waals surface area (Å²) in [6.45, 7) is 2.66. The first-order valence-electron chi connectivity index (χ1n) is 5.88. The largest absolute Gasteiger partial charge is 0.383 e. The molecular weight excluding hydrogens is 216 g/mol. The first-order chi connectivity index (χ1) is 8.33. The van der Waals surface area contributed by atoms with Crippen molar-refractivity contribution in [3.05, 3.63) is 35.4 Å². The molecule has 1 heterocycles. The Bertz CT molecular complexity index is 393. The molecule has 0 fully saturated rings. The summed E-state index contributed by atoms with van der Waals surface area (Å²) in [6, 6.07) is 8.10. The third kappa shape index (κ3) is 2.84. The van der Waals surface area contributed by atoms with Crippen LogP contribution in [-0.2, 0) is 16.1 Å². The number of carbonyl (C=O) groups is 1. The first kappa shape index (κ1) is 12.1. The molecule has 4 heteroatoms. The summed E-state index contributed by atoms with van der Waals surface area (Å²) < 4.78 is 4.92. The van der Waals surface area contributed by atoms with Gasteiger partial charge in [0.2, 0.25) is 5.91 Å². The van der Waals surface area contributed by atoms with Crippen molar-refractivity contribution in [3.8, 4) is 0 Å². The molecule has 0 spiro atoms. The van der Waals surface area contributed by atoms with Crippen LogP contribution in [0.3, 0.4) is 0 Å². The van der Waals surface area contributed by atoms with E-state index in [4.69, 9.17) is 4.74 Å². The van der Waals surface area contributed by atoms with Crippen molar-refractivity contribution in [2.24, 2.45) is 0 Å². The van der Waals surface area contributed by atoms with Crippen molar-refractivity contribution in [1.29, 1.82) is 0 Å². The molecule has 1 atom stereocenters. The molecule has 1 aliphatic rings. The number of hydrogen-bond donors (Lipinski definition) is 2. The Morgan fingerprint density at radius 1 is 1.53 bits per heavy atom. The third-order valence-corrected chi connectivity index (χ3v) is 3.02. The Balaban J connectivity index is 2.05. The van der Waals surface area contributed by atoms with Crippen molar-refractivity contribution in [3.63, 3.8) is 0 Å². The van der Waals surface area contributed by atoms with Crippen LogP contribution in [0.15, 0.2) is 24.3 Å². The van der Waals surface area contributed by atoms with E-state index in [2.05, 4.69) is 16.7 Å². The van der Waals surface area contributed by atoms with E-state index in [0.717, 1.165) is 12.1 Å². The SMILES string of the molecule is COCCNC(=O)C1CNCc2ccccc21. The van der Waals surface area contributed by atoms with Gasteiger partial charge in [-0.1, -0.05) is 24.3 Å². The van der Waals surface area contributed by atoms with Crippen LogP contribution in [0.5, 0.6) is 0 Å². The van der Waals surface area contributed by atoms with Gasteiger partial charge in [-0.25, -0.2) is 0 Å². The molecule has 1 aromatic carbocycles. The third-order valence-electron chi connectivity index (χ3n) is 3.02. The number of methoxy groups -OCH3 is 1. The van der Waals surface area contributed by atoms with Gasteiger partial charge in [0, 0.05) is 26.7 Å². The number of rotatable bonds is 4. The molecule has 17 heavy (non-hydrogen) atoms. The quantitative estimate of drug-likeness (QED) is 0.752. The van der Waals surface area contributed by atoms with Gasteiger partial charge in [0.05, 0.1) is 12.5 Å². The maximum absolute atomic E-state index is 12.0. The second kappa shape index (κ2) is 5.80. The highest BCUT2D eigenvalue weighted by molar-refractivity contribution is 5.84. The molecule has 0 radical (unpaired) electrons. The van der Waals surface area contributed by atoms with Crippen molar-refractivity contribution in [2.75, 3.05) is 26.8 Å². The second-order valence-electron chi connectivity index (χ2n) is 4.17. The van der Waals surface area contributed by atoms with Crippen molar-refractivity contribution < 1.29 is 9.53 Å². The van der Waals surface area contributed by atoms with E-state index >= 15 is 0 Å². The fourth-order valence-corrected chi connectivity index (χ4v) is 2.13. The number of nitrogens with one attached hydrogen (secondary N) is 2. The minimum atomic E-state index is -0.0863. The summed E-state index contributed by atoms with van der Waals surface area (Å²) in [6.07, 6.45) is 0. The normalized spacial score (nSPS) is 18.5. The van der Waals surface area contributed by atoms with Gasteiger partial charge in [0.1, 0.15) is 0 Å². The summed E-state index contributed by atoms with van der Waals surface area (Å²) in [4.78, 5) is 12.0. The van der Waals surface area contributed by atoms with E-state index < -0.39 is 0 Å². The monoisotopic (exact) mass is 234 g/mol. The summed E-state index contributed by atoms with van der Waals surface area (Å²) in [5, 5.41) is 6.16. The smallest absolute Gasteiger partial charge is 0.228 e. The molecule has 0 aromatic heterocycles. The van der Waals surface area contributed by atoms with Gasteiger partial charge < -0.3 is 15.4 Å². The fourth-order valence-electron chi connectivity index (χ4n) is 2.13. The van der Waals surface area contributed by atoms with Crippen LogP contribution in [-0.4, -0.2) is 32.7 Å². The lowest BCUT2D eigenvalue weighted by Crippen LogP contribution is -2.39. The van der Waals surface area contributed by atoms with E-state index in [1.165, 1.54) is 5.56 Å². The van der Waals surface area contributed by atoms with Gasteiger partial charge in [-0.15, -0.1) is 0 Å². The molecule has 4 nitrogen and oxygen atoms in total. The topological polar surface area (TPSA) is 50.4 Å². The zero-order valence-electron chi connectivity index (χ0n) is 10.0. The lowest BCUT2D eigenvalue weighted by molar-refractivity contribution is -0.122. The zero-order chi connectivity index (χ0) is 12.1. The average Bonchev–Trinajstić information content (AvgIpc) is 2.38. The molecule has 2 N–H and O–H groups in total. The minimum absolute atomic E-state index is 0.0710. The maximum atomic E-state index is 12.0. The molecular formula is C13H18N2O2. The summed E-state index contributed by atoms with van der Waals surface area (Å²) in [7, 11) is 1.63. The number of benzene rings is 1. The molecule has 1 aliphatic heterocycles. The molecule has 0 aliphatic carbocycles. The summed E-state index contributed by atoms with van der Waals surface area (Å²) >= 11 is 0. The molecule has 1 unspecified atom stereocenters. The molecule has 1 aromatic rings. The van der Waals surface area contributed by atoms with Crippen molar-refractivity contribution >= 4 is 5.91 Å². The van der Waals surface area contributed by atoms with Gasteiger partial charge in [-0.2, -0.15) is 0 Å². The van der Waals surface area contributed by atoms with Gasteiger partial charge in [-0.05, 0) is 11.1 Å². The van der Waals surface area contributed by atoms with Crippen LogP contribution in [0.1, 0.15) is 17.0 Å². The van der Waals surface area contributed by atoms with Crippen LogP contribution in [0.25, 0.3) is 0 Å². The lowest BCUT2D eigenvalue weighted by Gasteiger charge is -2.25. The number of hydrogen-bond acceptors (Lipinski definition) is 3. The van der Waals surface area contributed by atoms with E-state index in [1.54, 1.807) is 7.11 Å². The fraction of sp³-hybridized carbons (Fsp3) is 0.462. The predicted molar refractivity (Wildman–Crippen MR) is 65.8 cm³/mol. The van der Waals surface area contributed by atoms with Crippen LogP contribution >= 0.6 is 0 Å². The Kier molecular flexibility index (Phi) is 4.12. The van der Waals surface area contributed by atoms with Crippen LogP contribution in [0, 0.1) is 0 Å². The van der Waals surface area contributed by atoms with Crippen molar-refractivity contribution in [2.45, 2.75) is 12.5 Å².